The van der Waals surface area contributed by atoms with Crippen molar-refractivity contribution in [2.24, 2.45) is 0 Å². The summed E-state index contributed by atoms with van der Waals surface area (Å²) in [5.74, 6) is -0.0649. The number of carbonyl (C=O) groups excluding carboxylic acids is 2. The highest BCUT2D eigenvalue weighted by Gasteiger charge is 2.14. The molecule has 4 rings (SSSR count). The molecule has 9 nitrogen and oxygen atoms in total. The molecule has 1 aliphatic rings. The van der Waals surface area contributed by atoms with Crippen molar-refractivity contribution >= 4 is 17.5 Å². The monoisotopic (exact) mass is 482 g/mol. The number of benzene rings is 2. The van der Waals surface area contributed by atoms with E-state index in [1.807, 2.05) is 0 Å². The van der Waals surface area contributed by atoms with Crippen molar-refractivity contribution in [1.29, 1.82) is 0 Å². The van der Waals surface area contributed by atoms with Gasteiger partial charge in [-0.1, -0.05) is 5.16 Å². The first-order valence-electron chi connectivity index (χ1n) is 11.4. The van der Waals surface area contributed by atoms with Crippen molar-refractivity contribution in [2.45, 2.75) is 13.0 Å². The number of hydrogen-bond donors (Lipinski definition) is 2. The quantitative estimate of drug-likeness (QED) is 0.428. The van der Waals surface area contributed by atoms with Gasteiger partial charge in [0, 0.05) is 37.0 Å². The van der Waals surface area contributed by atoms with E-state index in [4.69, 9.17) is 14.0 Å². The molecule has 1 aliphatic heterocycles. The second kappa shape index (κ2) is 12.1. The summed E-state index contributed by atoms with van der Waals surface area (Å²) < 4.78 is 29.2. The summed E-state index contributed by atoms with van der Waals surface area (Å²) in [6.45, 7) is 4.93. The van der Waals surface area contributed by atoms with Crippen molar-refractivity contribution in [2.75, 3.05) is 44.7 Å². The van der Waals surface area contributed by atoms with Gasteiger partial charge < -0.3 is 24.6 Å². The summed E-state index contributed by atoms with van der Waals surface area (Å²) in [5, 5.41) is 9.40. The van der Waals surface area contributed by atoms with E-state index in [1.54, 1.807) is 30.3 Å². The van der Waals surface area contributed by atoms with E-state index in [0.717, 1.165) is 39.3 Å². The summed E-state index contributed by atoms with van der Waals surface area (Å²) in [6.07, 6.45) is 0.847. The molecule has 0 aliphatic carbocycles. The predicted octanol–water partition coefficient (Wildman–Crippen LogP) is 3.10. The maximum absolute atomic E-state index is 13.0. The van der Waals surface area contributed by atoms with Gasteiger partial charge in [-0.3, -0.25) is 14.5 Å². The molecule has 0 bridgehead atoms. The Kier molecular flexibility index (Phi) is 8.42. The third-order valence-corrected chi connectivity index (χ3v) is 5.43. The van der Waals surface area contributed by atoms with Gasteiger partial charge in [0.25, 0.3) is 11.8 Å². The van der Waals surface area contributed by atoms with E-state index in [-0.39, 0.29) is 24.1 Å². The fourth-order valence-corrected chi connectivity index (χ4v) is 3.50. The highest BCUT2D eigenvalue weighted by molar-refractivity contribution is 6.04. The fraction of sp³-hybridized carbons (Fsp3) is 0.320. The number of amides is 2. The molecular formula is C25H27FN4O5. The Hall–Kier alpha value is -3.76. The third-order valence-electron chi connectivity index (χ3n) is 5.43. The zero-order chi connectivity index (χ0) is 24.5. The number of nitrogens with one attached hydrogen (secondary N) is 2. The number of ether oxygens (including phenoxy) is 2. The number of morpholine rings is 1. The summed E-state index contributed by atoms with van der Waals surface area (Å²) in [4.78, 5) is 26.8. The first-order valence-corrected chi connectivity index (χ1v) is 11.4. The average Bonchev–Trinajstić information content (AvgIpc) is 3.36. The van der Waals surface area contributed by atoms with Crippen LogP contribution in [0.3, 0.4) is 0 Å². The first kappa shape index (κ1) is 24.4. The molecule has 2 heterocycles. The molecule has 0 saturated carbocycles. The molecular weight excluding hydrogens is 455 g/mol. The lowest BCUT2D eigenvalue weighted by molar-refractivity contribution is 0.0374. The Morgan fingerprint density at radius 2 is 1.77 bits per heavy atom. The minimum atomic E-state index is -0.401. The van der Waals surface area contributed by atoms with Crippen molar-refractivity contribution < 1.29 is 28.0 Å². The molecule has 2 aromatic carbocycles. The number of anilines is 1. The van der Waals surface area contributed by atoms with E-state index in [0.29, 0.717) is 29.3 Å². The molecule has 0 unspecified atom stereocenters. The second-order valence-electron chi connectivity index (χ2n) is 8.02. The average molecular weight is 483 g/mol. The summed E-state index contributed by atoms with van der Waals surface area (Å²) in [6, 6.07) is 13.6. The largest absolute Gasteiger partial charge is 0.486 e. The molecule has 2 amide bonds. The van der Waals surface area contributed by atoms with E-state index < -0.39 is 5.82 Å². The van der Waals surface area contributed by atoms with Crippen LogP contribution in [0.15, 0.2) is 59.1 Å². The van der Waals surface area contributed by atoms with Crippen LogP contribution in [-0.2, 0) is 11.3 Å². The van der Waals surface area contributed by atoms with Crippen molar-refractivity contribution in [1.82, 2.24) is 15.4 Å². The minimum Gasteiger partial charge on any atom is -0.486 e. The smallest absolute Gasteiger partial charge is 0.273 e. The van der Waals surface area contributed by atoms with Crippen LogP contribution in [0.4, 0.5) is 10.1 Å². The summed E-state index contributed by atoms with van der Waals surface area (Å²) in [7, 11) is 0. The van der Waals surface area contributed by atoms with Crippen molar-refractivity contribution in [3.05, 3.63) is 77.4 Å². The van der Waals surface area contributed by atoms with Gasteiger partial charge in [-0.05, 0) is 61.5 Å². The topological polar surface area (TPSA) is 106 Å². The highest BCUT2D eigenvalue weighted by atomic mass is 19.1. The normalized spacial score (nSPS) is 13.9. The maximum atomic E-state index is 13.0. The van der Waals surface area contributed by atoms with Gasteiger partial charge in [-0.15, -0.1) is 0 Å². The lowest BCUT2D eigenvalue weighted by Gasteiger charge is -2.26. The minimum absolute atomic E-state index is 0.0958. The van der Waals surface area contributed by atoms with Gasteiger partial charge in [0.2, 0.25) is 0 Å². The Morgan fingerprint density at radius 1 is 1.03 bits per heavy atom. The van der Waals surface area contributed by atoms with Crippen LogP contribution < -0.4 is 15.4 Å². The first-order chi connectivity index (χ1) is 17.1. The third kappa shape index (κ3) is 7.36. The molecule has 184 valence electrons. The lowest BCUT2D eigenvalue weighted by Crippen LogP contribution is -2.38. The molecule has 35 heavy (non-hydrogen) atoms. The molecule has 0 atom stereocenters. The Bertz CT molecular complexity index is 1110. The second-order valence-corrected chi connectivity index (χ2v) is 8.02. The maximum Gasteiger partial charge on any atom is 0.273 e. The molecule has 1 fully saturated rings. The van der Waals surface area contributed by atoms with Gasteiger partial charge in [0.15, 0.2) is 11.5 Å². The summed E-state index contributed by atoms with van der Waals surface area (Å²) >= 11 is 0. The van der Waals surface area contributed by atoms with Crippen LogP contribution in [0.5, 0.6) is 5.75 Å². The van der Waals surface area contributed by atoms with Crippen LogP contribution in [-0.4, -0.2) is 61.3 Å². The van der Waals surface area contributed by atoms with E-state index in [1.165, 1.54) is 24.3 Å². The Balaban J connectivity index is 1.18. The van der Waals surface area contributed by atoms with E-state index in [2.05, 4.69) is 20.7 Å². The fourth-order valence-electron chi connectivity index (χ4n) is 3.50. The van der Waals surface area contributed by atoms with Gasteiger partial charge in [-0.2, -0.15) is 0 Å². The zero-order valence-corrected chi connectivity index (χ0v) is 19.2. The SMILES string of the molecule is O=C(Nc1ccc(OCc2cc(C(=O)NCCCN3CCOCC3)no2)cc1)c1ccc(F)cc1. The molecule has 0 radical (unpaired) electrons. The molecule has 1 aromatic heterocycles. The van der Waals surface area contributed by atoms with Gasteiger partial charge in [0.1, 0.15) is 18.2 Å². The van der Waals surface area contributed by atoms with Crippen LogP contribution >= 0.6 is 0 Å². The number of aromatic nitrogens is 1. The standard InChI is InChI=1S/C25H27FN4O5/c26-19-4-2-18(3-5-19)24(31)28-20-6-8-21(9-7-20)34-17-22-16-23(29-35-22)25(32)27-10-1-11-30-12-14-33-15-13-30/h2-9,16H,1,10-15,17H2,(H,27,32)(H,28,31). The van der Waals surface area contributed by atoms with Gasteiger partial charge >= 0.3 is 0 Å². The number of rotatable bonds is 10. The molecule has 2 N–H and O–H groups in total. The predicted molar refractivity (Wildman–Crippen MR) is 126 cm³/mol. The van der Waals surface area contributed by atoms with Crippen LogP contribution in [0.25, 0.3) is 0 Å². The van der Waals surface area contributed by atoms with Gasteiger partial charge in [0.05, 0.1) is 13.2 Å². The number of hydrogen-bond acceptors (Lipinski definition) is 7. The number of nitrogens with zero attached hydrogens (tertiary/aromatic N) is 2. The Labute approximate surface area is 202 Å². The van der Waals surface area contributed by atoms with Gasteiger partial charge in [-0.25, -0.2) is 4.39 Å². The number of halogens is 1. The van der Waals surface area contributed by atoms with E-state index in [9.17, 15) is 14.0 Å². The summed E-state index contributed by atoms with van der Waals surface area (Å²) in [5.41, 5.74) is 1.13. The van der Waals surface area contributed by atoms with Crippen molar-refractivity contribution in [3.63, 3.8) is 0 Å². The van der Waals surface area contributed by atoms with Crippen LogP contribution in [0.2, 0.25) is 0 Å². The molecule has 3 aromatic rings. The highest BCUT2D eigenvalue weighted by Crippen LogP contribution is 2.18. The molecule has 1 saturated heterocycles. The molecule has 0 spiro atoms. The van der Waals surface area contributed by atoms with Crippen molar-refractivity contribution in [3.8, 4) is 5.75 Å². The van der Waals surface area contributed by atoms with E-state index >= 15 is 0 Å². The van der Waals surface area contributed by atoms with Crippen LogP contribution in [0.1, 0.15) is 33.0 Å². The zero-order valence-electron chi connectivity index (χ0n) is 19.2. The number of carbonyl (C=O) groups is 2. The Morgan fingerprint density at radius 3 is 2.51 bits per heavy atom. The lowest BCUT2D eigenvalue weighted by atomic mass is 10.2. The molecule has 10 heteroatoms. The van der Waals surface area contributed by atoms with Crippen LogP contribution in [0, 0.1) is 5.82 Å².